The molecule has 0 aliphatic carbocycles. The van der Waals surface area contributed by atoms with Gasteiger partial charge in [0.1, 0.15) is 0 Å². The van der Waals surface area contributed by atoms with Gasteiger partial charge in [-0.05, 0) is 61.4 Å². The molecule has 6 heteroatoms. The van der Waals surface area contributed by atoms with Gasteiger partial charge in [-0.3, -0.25) is 4.79 Å². The predicted octanol–water partition coefficient (Wildman–Crippen LogP) is 4.03. The topological polar surface area (TPSA) is 75.3 Å². The maximum absolute atomic E-state index is 12.5. The molecule has 2 N–H and O–H groups in total. The zero-order chi connectivity index (χ0) is 20.1. The van der Waals surface area contributed by atoms with E-state index in [1.165, 1.54) is 24.3 Å². The minimum Gasteiger partial charge on any atom is -0.322 e. The number of hydrogen-bond donors (Lipinski definition) is 2. The van der Waals surface area contributed by atoms with Gasteiger partial charge in [-0.15, -0.1) is 0 Å². The molecule has 0 radical (unpaired) electrons. The average Bonchev–Trinajstić information content (AvgIpc) is 2.69. The second-order valence-corrected chi connectivity index (χ2v) is 8.36. The van der Waals surface area contributed by atoms with Crippen LogP contribution in [-0.2, 0) is 16.6 Å². The summed E-state index contributed by atoms with van der Waals surface area (Å²) >= 11 is 0. The lowest BCUT2D eigenvalue weighted by atomic mass is 10.1. The molecule has 1 amide bonds. The van der Waals surface area contributed by atoms with Crippen LogP contribution in [0.5, 0.6) is 0 Å². The van der Waals surface area contributed by atoms with Crippen molar-refractivity contribution in [3.63, 3.8) is 0 Å². The van der Waals surface area contributed by atoms with Gasteiger partial charge in [-0.1, -0.05) is 42.0 Å². The van der Waals surface area contributed by atoms with Crippen molar-refractivity contribution in [3.05, 3.63) is 95.1 Å². The molecule has 0 spiro atoms. The zero-order valence-corrected chi connectivity index (χ0v) is 16.6. The van der Waals surface area contributed by atoms with Crippen LogP contribution < -0.4 is 10.0 Å². The summed E-state index contributed by atoms with van der Waals surface area (Å²) in [7, 11) is -3.66. The van der Waals surface area contributed by atoms with Crippen LogP contribution in [-0.4, -0.2) is 14.3 Å². The molecule has 0 bridgehead atoms. The third-order valence-corrected chi connectivity index (χ3v) is 5.87. The van der Waals surface area contributed by atoms with E-state index in [1.807, 2.05) is 62.4 Å². The molecule has 0 aliphatic rings. The third-order valence-electron chi connectivity index (χ3n) is 4.45. The highest BCUT2D eigenvalue weighted by atomic mass is 32.2. The summed E-state index contributed by atoms with van der Waals surface area (Å²) in [5.74, 6) is -0.291. The summed E-state index contributed by atoms with van der Waals surface area (Å²) in [6, 6.07) is 20.9. The van der Waals surface area contributed by atoms with E-state index in [0.717, 1.165) is 16.7 Å². The SMILES string of the molecule is Cc1ccc(NC(=O)c2ccc(S(=O)(=O)NCc3ccccc3C)cc2)cc1. The summed E-state index contributed by atoms with van der Waals surface area (Å²) < 4.78 is 27.6. The molecule has 0 atom stereocenters. The number of amides is 1. The molecule has 0 saturated carbocycles. The molecule has 28 heavy (non-hydrogen) atoms. The van der Waals surface area contributed by atoms with Crippen LogP contribution in [0.3, 0.4) is 0 Å². The van der Waals surface area contributed by atoms with Crippen LogP contribution in [0.2, 0.25) is 0 Å². The van der Waals surface area contributed by atoms with Crippen LogP contribution in [0, 0.1) is 13.8 Å². The second-order valence-electron chi connectivity index (χ2n) is 6.60. The van der Waals surface area contributed by atoms with Gasteiger partial charge in [0.15, 0.2) is 0 Å². The first-order valence-corrected chi connectivity index (χ1v) is 10.4. The quantitative estimate of drug-likeness (QED) is 0.663. The molecular formula is C22H22N2O3S. The molecule has 0 aliphatic heterocycles. The Balaban J connectivity index is 1.67. The number of aryl methyl sites for hydroxylation is 2. The summed E-state index contributed by atoms with van der Waals surface area (Å²) in [4.78, 5) is 12.5. The molecule has 3 rings (SSSR count). The standard InChI is InChI=1S/C22H22N2O3S/c1-16-7-11-20(12-8-16)24-22(25)18-9-13-21(14-10-18)28(26,27)23-15-19-6-4-3-5-17(19)2/h3-14,23H,15H2,1-2H3,(H,24,25). The van der Waals surface area contributed by atoms with Gasteiger partial charge >= 0.3 is 0 Å². The van der Waals surface area contributed by atoms with E-state index in [4.69, 9.17) is 0 Å². The number of rotatable bonds is 6. The Hall–Kier alpha value is -2.96. The fraction of sp³-hybridized carbons (Fsp3) is 0.136. The molecule has 3 aromatic rings. The van der Waals surface area contributed by atoms with E-state index in [9.17, 15) is 13.2 Å². The Bertz CT molecular complexity index is 1070. The Morgan fingerprint density at radius 3 is 2.14 bits per heavy atom. The Morgan fingerprint density at radius 1 is 0.857 bits per heavy atom. The van der Waals surface area contributed by atoms with E-state index in [0.29, 0.717) is 11.3 Å². The van der Waals surface area contributed by atoms with Crippen molar-refractivity contribution in [2.24, 2.45) is 0 Å². The first kappa shape index (κ1) is 19.8. The fourth-order valence-electron chi connectivity index (χ4n) is 2.69. The van der Waals surface area contributed by atoms with Crippen LogP contribution in [0.1, 0.15) is 27.0 Å². The molecule has 5 nitrogen and oxygen atoms in total. The maximum Gasteiger partial charge on any atom is 0.255 e. The first-order chi connectivity index (χ1) is 13.3. The van der Waals surface area contributed by atoms with Crippen LogP contribution in [0.25, 0.3) is 0 Å². The minimum atomic E-state index is -3.66. The lowest BCUT2D eigenvalue weighted by Gasteiger charge is -2.10. The van der Waals surface area contributed by atoms with Gasteiger partial charge in [0, 0.05) is 17.8 Å². The summed E-state index contributed by atoms with van der Waals surface area (Å²) in [6.07, 6.45) is 0. The van der Waals surface area contributed by atoms with Gasteiger partial charge in [0.05, 0.1) is 4.90 Å². The Labute approximate surface area is 165 Å². The molecule has 0 saturated heterocycles. The van der Waals surface area contributed by atoms with E-state index in [-0.39, 0.29) is 17.3 Å². The highest BCUT2D eigenvalue weighted by Crippen LogP contribution is 2.15. The lowest BCUT2D eigenvalue weighted by Crippen LogP contribution is -2.23. The molecule has 144 valence electrons. The first-order valence-electron chi connectivity index (χ1n) is 8.87. The van der Waals surface area contributed by atoms with Gasteiger partial charge in [-0.2, -0.15) is 0 Å². The molecule has 0 unspecified atom stereocenters. The van der Waals surface area contributed by atoms with Crippen LogP contribution in [0.4, 0.5) is 5.69 Å². The molecular weight excluding hydrogens is 372 g/mol. The molecule has 0 heterocycles. The predicted molar refractivity (Wildman–Crippen MR) is 111 cm³/mol. The van der Waals surface area contributed by atoms with Crippen molar-refractivity contribution in [3.8, 4) is 0 Å². The van der Waals surface area contributed by atoms with Crippen molar-refractivity contribution >= 4 is 21.6 Å². The molecule has 3 aromatic carbocycles. The monoisotopic (exact) mass is 394 g/mol. The number of sulfonamides is 1. The van der Waals surface area contributed by atoms with Crippen molar-refractivity contribution in [2.45, 2.75) is 25.3 Å². The van der Waals surface area contributed by atoms with Crippen molar-refractivity contribution in [2.75, 3.05) is 5.32 Å². The maximum atomic E-state index is 12.5. The number of anilines is 1. The fourth-order valence-corrected chi connectivity index (χ4v) is 3.70. The lowest BCUT2D eigenvalue weighted by molar-refractivity contribution is 0.102. The summed E-state index contributed by atoms with van der Waals surface area (Å²) in [6.45, 7) is 4.12. The number of hydrogen-bond acceptors (Lipinski definition) is 3. The summed E-state index contributed by atoms with van der Waals surface area (Å²) in [5.41, 5.74) is 4.12. The number of benzene rings is 3. The highest BCUT2D eigenvalue weighted by molar-refractivity contribution is 7.89. The Kier molecular flexibility index (Phi) is 5.92. The normalized spacial score (nSPS) is 11.2. The van der Waals surface area contributed by atoms with Gasteiger partial charge < -0.3 is 5.32 Å². The van der Waals surface area contributed by atoms with Crippen LogP contribution >= 0.6 is 0 Å². The summed E-state index contributed by atoms with van der Waals surface area (Å²) in [5, 5.41) is 2.79. The van der Waals surface area contributed by atoms with Crippen molar-refractivity contribution < 1.29 is 13.2 Å². The number of carbonyl (C=O) groups is 1. The average molecular weight is 394 g/mol. The van der Waals surface area contributed by atoms with Crippen LogP contribution in [0.15, 0.2) is 77.7 Å². The van der Waals surface area contributed by atoms with Gasteiger partial charge in [-0.25, -0.2) is 13.1 Å². The second kappa shape index (κ2) is 8.37. The van der Waals surface area contributed by atoms with Crippen molar-refractivity contribution in [1.29, 1.82) is 0 Å². The van der Waals surface area contributed by atoms with E-state index in [1.54, 1.807) is 0 Å². The molecule has 0 aromatic heterocycles. The highest BCUT2D eigenvalue weighted by Gasteiger charge is 2.15. The third kappa shape index (κ3) is 4.85. The van der Waals surface area contributed by atoms with E-state index in [2.05, 4.69) is 10.0 Å². The Morgan fingerprint density at radius 2 is 1.50 bits per heavy atom. The van der Waals surface area contributed by atoms with E-state index >= 15 is 0 Å². The van der Waals surface area contributed by atoms with Crippen molar-refractivity contribution in [1.82, 2.24) is 4.72 Å². The van der Waals surface area contributed by atoms with E-state index < -0.39 is 10.0 Å². The largest absolute Gasteiger partial charge is 0.322 e. The molecule has 0 fully saturated rings. The number of carbonyl (C=O) groups excluding carboxylic acids is 1. The zero-order valence-electron chi connectivity index (χ0n) is 15.8. The number of nitrogens with one attached hydrogen (secondary N) is 2. The van der Waals surface area contributed by atoms with Gasteiger partial charge in [0.25, 0.3) is 5.91 Å². The smallest absolute Gasteiger partial charge is 0.255 e. The minimum absolute atomic E-state index is 0.118. The van der Waals surface area contributed by atoms with Gasteiger partial charge in [0.2, 0.25) is 10.0 Å².